The molecule has 0 bridgehead atoms. The Morgan fingerprint density at radius 2 is 1.53 bits per heavy atom. The molecule has 2 fully saturated rings. The molecule has 8 nitrogen and oxygen atoms in total. The summed E-state index contributed by atoms with van der Waals surface area (Å²) in [5, 5.41) is 0. The molecule has 2 aliphatic heterocycles. The highest BCUT2D eigenvalue weighted by molar-refractivity contribution is 7.93. The molecule has 0 aliphatic carbocycles. The molecule has 2 heterocycles. The smallest absolute Gasteiger partial charge is 0.241 e. The largest absolute Gasteiger partial charge is 0.497 e. The Kier molecular flexibility index (Phi) is 7.95. The van der Waals surface area contributed by atoms with Gasteiger partial charge in [0.15, 0.2) is 0 Å². The van der Waals surface area contributed by atoms with Gasteiger partial charge in [-0.2, -0.15) is 0 Å². The zero-order chi connectivity index (χ0) is 24.0. The van der Waals surface area contributed by atoms with Gasteiger partial charge in [0.25, 0.3) is 0 Å². The lowest BCUT2D eigenvalue weighted by molar-refractivity contribution is -0.130. The molecule has 0 atom stereocenters. The minimum Gasteiger partial charge on any atom is -0.497 e. The van der Waals surface area contributed by atoms with Crippen LogP contribution in [0.3, 0.4) is 0 Å². The quantitative estimate of drug-likeness (QED) is 0.618. The molecule has 4 rings (SSSR count). The monoisotopic (exact) mass is 486 g/mol. The molecule has 1 N–H and O–H groups in total. The lowest BCUT2D eigenvalue weighted by Gasteiger charge is -2.34. The van der Waals surface area contributed by atoms with Gasteiger partial charge in [-0.15, -0.1) is 0 Å². The number of hydrogen-bond acceptors (Lipinski definition) is 6. The number of carbonyl (C=O) groups is 1. The molecule has 2 aliphatic rings. The number of amides is 1. The minimum atomic E-state index is -3.77. The van der Waals surface area contributed by atoms with Gasteiger partial charge in [0, 0.05) is 57.2 Å². The van der Waals surface area contributed by atoms with E-state index in [2.05, 4.69) is 14.5 Å². The van der Waals surface area contributed by atoms with Gasteiger partial charge < -0.3 is 14.5 Å². The Labute approximate surface area is 202 Å². The molecule has 1 amide bonds. The van der Waals surface area contributed by atoms with Crippen LogP contribution in [0.15, 0.2) is 48.5 Å². The first-order valence-corrected chi connectivity index (χ1v) is 13.6. The minimum absolute atomic E-state index is 0.360. The summed E-state index contributed by atoms with van der Waals surface area (Å²) in [5.74, 6) is -0.0761. The van der Waals surface area contributed by atoms with E-state index < -0.39 is 15.8 Å². The van der Waals surface area contributed by atoms with Crippen LogP contribution in [0.4, 0.5) is 11.4 Å². The number of nitrogens with one attached hydrogen (secondary N) is 1. The fourth-order valence-corrected chi connectivity index (χ4v) is 5.58. The lowest BCUT2D eigenvalue weighted by atomic mass is 10.1. The highest BCUT2D eigenvalue weighted by Crippen LogP contribution is 2.22. The number of anilines is 2. The van der Waals surface area contributed by atoms with Crippen LogP contribution >= 0.6 is 0 Å². The van der Waals surface area contributed by atoms with Crippen LogP contribution in [-0.4, -0.2) is 76.3 Å². The number of ether oxygens (including phenoxy) is 1. The molecular weight excluding hydrogens is 452 g/mol. The normalized spacial score (nSPS) is 17.4. The number of methoxy groups -OCH3 is 1. The van der Waals surface area contributed by atoms with E-state index in [0.717, 1.165) is 31.1 Å². The summed E-state index contributed by atoms with van der Waals surface area (Å²) in [4.78, 5) is 18.9. The van der Waals surface area contributed by atoms with Gasteiger partial charge in [-0.25, -0.2) is 8.42 Å². The van der Waals surface area contributed by atoms with E-state index in [-0.39, 0.29) is 5.91 Å². The average Bonchev–Trinajstić information content (AvgIpc) is 2.85. The average molecular weight is 487 g/mol. The molecular formula is C25H34N4O4S. The van der Waals surface area contributed by atoms with Crippen LogP contribution in [0.5, 0.6) is 5.75 Å². The van der Waals surface area contributed by atoms with Crippen molar-refractivity contribution in [3.8, 4) is 5.75 Å². The van der Waals surface area contributed by atoms with Crippen molar-refractivity contribution in [2.75, 3.05) is 61.8 Å². The zero-order valence-corrected chi connectivity index (χ0v) is 20.6. The Morgan fingerprint density at radius 1 is 0.882 bits per heavy atom. The van der Waals surface area contributed by atoms with E-state index in [0.29, 0.717) is 31.9 Å². The van der Waals surface area contributed by atoms with Gasteiger partial charge in [0.05, 0.1) is 7.11 Å². The van der Waals surface area contributed by atoms with Crippen LogP contribution in [0.1, 0.15) is 24.8 Å². The molecule has 34 heavy (non-hydrogen) atoms. The lowest BCUT2D eigenvalue weighted by Crippen LogP contribution is -2.50. The SMILES string of the molecule is COc1ccc(CN2CCN(C(=O)CS(=O)(=O)Nc3ccc(N4CCCCC4)cc3)CC2)cc1. The Bertz CT molecular complexity index is 1040. The second-order valence-corrected chi connectivity index (χ2v) is 10.7. The number of piperazine rings is 1. The predicted octanol–water partition coefficient (Wildman–Crippen LogP) is 2.77. The number of hydrogen-bond donors (Lipinski definition) is 1. The molecule has 2 aromatic carbocycles. The van der Waals surface area contributed by atoms with Gasteiger partial charge in [0.2, 0.25) is 15.9 Å². The van der Waals surface area contributed by atoms with E-state index in [4.69, 9.17) is 4.74 Å². The molecule has 2 aromatic rings. The summed E-state index contributed by atoms with van der Waals surface area (Å²) < 4.78 is 33.0. The molecule has 184 valence electrons. The maximum Gasteiger partial charge on any atom is 0.241 e. The Balaban J connectivity index is 1.24. The Hall–Kier alpha value is -2.78. The van der Waals surface area contributed by atoms with Crippen LogP contribution in [-0.2, 0) is 21.4 Å². The standard InChI is InChI=1S/C25H34N4O4S/c1-33-24-11-5-21(6-12-24)19-27-15-17-29(18-16-27)25(30)20-34(31,32)26-22-7-9-23(10-8-22)28-13-3-2-4-14-28/h5-12,26H,2-4,13-20H2,1H3. The number of piperidine rings is 1. The summed E-state index contributed by atoms with van der Waals surface area (Å²) in [6.45, 7) is 5.33. The van der Waals surface area contributed by atoms with Crippen LogP contribution in [0.25, 0.3) is 0 Å². The first-order valence-electron chi connectivity index (χ1n) is 11.9. The van der Waals surface area contributed by atoms with E-state index in [1.165, 1.54) is 24.8 Å². The van der Waals surface area contributed by atoms with E-state index in [1.807, 2.05) is 36.4 Å². The van der Waals surface area contributed by atoms with Gasteiger partial charge in [-0.1, -0.05) is 12.1 Å². The summed E-state index contributed by atoms with van der Waals surface area (Å²) in [6, 6.07) is 15.4. The highest BCUT2D eigenvalue weighted by atomic mass is 32.2. The number of sulfonamides is 1. The first-order chi connectivity index (χ1) is 16.4. The molecule has 0 aromatic heterocycles. The molecule has 2 saturated heterocycles. The predicted molar refractivity (Wildman–Crippen MR) is 135 cm³/mol. The van der Waals surface area contributed by atoms with Crippen molar-refractivity contribution in [3.63, 3.8) is 0 Å². The number of carbonyl (C=O) groups excluding carboxylic acids is 1. The third-order valence-electron chi connectivity index (χ3n) is 6.47. The van der Waals surface area contributed by atoms with E-state index in [9.17, 15) is 13.2 Å². The van der Waals surface area contributed by atoms with Crippen LogP contribution in [0, 0.1) is 0 Å². The van der Waals surface area contributed by atoms with E-state index >= 15 is 0 Å². The van der Waals surface area contributed by atoms with Crippen molar-refractivity contribution in [1.82, 2.24) is 9.80 Å². The third-order valence-corrected chi connectivity index (χ3v) is 7.64. The molecule has 9 heteroatoms. The van der Waals surface area contributed by atoms with Gasteiger partial charge >= 0.3 is 0 Å². The van der Waals surface area contributed by atoms with Crippen molar-refractivity contribution in [3.05, 3.63) is 54.1 Å². The van der Waals surface area contributed by atoms with Crippen molar-refractivity contribution >= 4 is 27.3 Å². The van der Waals surface area contributed by atoms with Crippen LogP contribution in [0.2, 0.25) is 0 Å². The molecule has 0 radical (unpaired) electrons. The van der Waals surface area contributed by atoms with Gasteiger partial charge in [-0.05, 0) is 61.2 Å². The molecule has 0 spiro atoms. The van der Waals surface area contributed by atoms with Crippen molar-refractivity contribution in [2.45, 2.75) is 25.8 Å². The topological polar surface area (TPSA) is 82.2 Å². The zero-order valence-electron chi connectivity index (χ0n) is 19.8. The number of benzene rings is 2. The number of nitrogens with zero attached hydrogens (tertiary/aromatic N) is 3. The van der Waals surface area contributed by atoms with Crippen molar-refractivity contribution in [1.29, 1.82) is 0 Å². The first kappa shape index (κ1) is 24.3. The fourth-order valence-electron chi connectivity index (χ4n) is 4.51. The Morgan fingerprint density at radius 3 is 2.15 bits per heavy atom. The van der Waals surface area contributed by atoms with Crippen LogP contribution < -0.4 is 14.4 Å². The molecule has 0 saturated carbocycles. The summed E-state index contributed by atoms with van der Waals surface area (Å²) in [7, 11) is -2.12. The maximum atomic E-state index is 12.7. The summed E-state index contributed by atoms with van der Waals surface area (Å²) in [5.41, 5.74) is 2.77. The van der Waals surface area contributed by atoms with E-state index in [1.54, 1.807) is 24.1 Å². The third kappa shape index (κ3) is 6.64. The second-order valence-electron chi connectivity index (χ2n) is 8.96. The maximum absolute atomic E-state index is 12.7. The molecule has 0 unspecified atom stereocenters. The fraction of sp³-hybridized carbons (Fsp3) is 0.480. The number of rotatable bonds is 8. The summed E-state index contributed by atoms with van der Waals surface area (Å²) >= 11 is 0. The van der Waals surface area contributed by atoms with Gasteiger partial charge in [0.1, 0.15) is 11.5 Å². The van der Waals surface area contributed by atoms with Crippen molar-refractivity contribution in [2.24, 2.45) is 0 Å². The second kappa shape index (κ2) is 11.1. The summed E-state index contributed by atoms with van der Waals surface area (Å²) in [6.07, 6.45) is 3.64. The highest BCUT2D eigenvalue weighted by Gasteiger charge is 2.25. The van der Waals surface area contributed by atoms with Crippen molar-refractivity contribution < 1.29 is 17.9 Å². The van der Waals surface area contributed by atoms with Gasteiger partial charge in [-0.3, -0.25) is 14.4 Å².